The highest BCUT2D eigenvalue weighted by Crippen LogP contribution is 2.22. The average molecular weight is 310 g/mol. The number of carbonyl (C=O) groups excluding carboxylic acids is 1. The van der Waals surface area contributed by atoms with Crippen molar-refractivity contribution in [1.29, 1.82) is 0 Å². The van der Waals surface area contributed by atoms with Crippen LogP contribution in [0.3, 0.4) is 0 Å². The number of fused-ring (bicyclic) bond motifs is 1. The lowest BCUT2D eigenvalue weighted by Crippen LogP contribution is -2.19. The number of aryl methyl sites for hydroxylation is 2. The molecule has 0 aliphatic heterocycles. The molecule has 3 aromatic rings. The Hall–Kier alpha value is -2.73. The molecule has 23 heavy (non-hydrogen) atoms. The third-order valence-corrected chi connectivity index (χ3v) is 3.50. The number of methoxy groups -OCH3 is 1. The Kier molecular flexibility index (Phi) is 4.08. The quantitative estimate of drug-likeness (QED) is 0.804. The summed E-state index contributed by atoms with van der Waals surface area (Å²) in [7, 11) is 1.48. The minimum atomic E-state index is -0.230. The Balaban J connectivity index is 2.06. The third-order valence-electron chi connectivity index (χ3n) is 3.50. The van der Waals surface area contributed by atoms with Crippen molar-refractivity contribution >= 4 is 22.6 Å². The fourth-order valence-electron chi connectivity index (χ4n) is 2.51. The second-order valence-electron chi connectivity index (χ2n) is 5.38. The maximum Gasteiger partial charge on any atom is 0.251 e. The maximum atomic E-state index is 11.8. The van der Waals surface area contributed by atoms with E-state index in [0.29, 0.717) is 11.6 Å². The number of hydrogen-bond donors (Lipinski definition) is 1. The van der Waals surface area contributed by atoms with E-state index in [0.717, 1.165) is 22.2 Å². The van der Waals surface area contributed by atoms with E-state index in [1.807, 2.05) is 44.2 Å². The van der Waals surface area contributed by atoms with Crippen molar-refractivity contribution in [3.63, 3.8) is 0 Å². The summed E-state index contributed by atoms with van der Waals surface area (Å²) < 4.78 is 6.49. The van der Waals surface area contributed by atoms with E-state index in [4.69, 9.17) is 4.74 Å². The highest BCUT2D eigenvalue weighted by Gasteiger charge is 2.13. The molecular formula is C17H18N4O2. The van der Waals surface area contributed by atoms with Gasteiger partial charge in [-0.15, -0.1) is 0 Å². The van der Waals surface area contributed by atoms with Gasteiger partial charge in [-0.25, -0.2) is 4.98 Å². The minimum Gasteiger partial charge on any atom is -0.375 e. The number of aromatic nitrogens is 3. The Morgan fingerprint density at radius 2 is 2.04 bits per heavy atom. The number of benzene rings is 1. The molecule has 6 heteroatoms. The largest absolute Gasteiger partial charge is 0.375 e. The van der Waals surface area contributed by atoms with E-state index >= 15 is 0 Å². The van der Waals surface area contributed by atoms with Gasteiger partial charge in [0.2, 0.25) is 0 Å². The normalized spacial score (nSPS) is 10.9. The summed E-state index contributed by atoms with van der Waals surface area (Å²) in [4.78, 5) is 16.4. The van der Waals surface area contributed by atoms with Crippen molar-refractivity contribution in [2.45, 2.75) is 13.8 Å². The number of pyridine rings is 1. The SMILES string of the molecule is COCC(=O)Nc1cc(C)nn1-c1cc(C)c2ccccc2n1. The minimum absolute atomic E-state index is 0.00555. The van der Waals surface area contributed by atoms with Gasteiger partial charge in [0.1, 0.15) is 12.4 Å². The van der Waals surface area contributed by atoms with Crippen molar-refractivity contribution in [2.24, 2.45) is 0 Å². The molecule has 0 radical (unpaired) electrons. The maximum absolute atomic E-state index is 11.8. The third kappa shape index (κ3) is 3.07. The first-order valence-corrected chi connectivity index (χ1v) is 7.30. The van der Waals surface area contributed by atoms with E-state index in [9.17, 15) is 4.79 Å². The zero-order valence-corrected chi connectivity index (χ0v) is 13.3. The first-order valence-electron chi connectivity index (χ1n) is 7.30. The summed E-state index contributed by atoms with van der Waals surface area (Å²) in [5.74, 6) is 1.01. The summed E-state index contributed by atoms with van der Waals surface area (Å²) in [6.07, 6.45) is 0. The molecule has 1 amide bonds. The van der Waals surface area contributed by atoms with Crippen LogP contribution in [0.1, 0.15) is 11.3 Å². The summed E-state index contributed by atoms with van der Waals surface area (Å²) in [5, 5.41) is 8.34. The number of ether oxygens (including phenoxy) is 1. The molecule has 0 spiro atoms. The molecule has 0 atom stereocenters. The lowest BCUT2D eigenvalue weighted by molar-refractivity contribution is -0.119. The van der Waals surface area contributed by atoms with Crippen molar-refractivity contribution in [3.05, 3.63) is 47.7 Å². The molecule has 3 rings (SSSR count). The van der Waals surface area contributed by atoms with E-state index in [-0.39, 0.29) is 12.5 Å². The van der Waals surface area contributed by atoms with Gasteiger partial charge in [-0.2, -0.15) is 9.78 Å². The summed E-state index contributed by atoms with van der Waals surface area (Å²) in [6, 6.07) is 11.7. The van der Waals surface area contributed by atoms with Crippen molar-refractivity contribution in [1.82, 2.24) is 14.8 Å². The van der Waals surface area contributed by atoms with E-state index in [2.05, 4.69) is 15.4 Å². The molecule has 1 aromatic carbocycles. The molecule has 0 aliphatic rings. The summed E-state index contributed by atoms with van der Waals surface area (Å²) in [6.45, 7) is 3.90. The fraction of sp³-hybridized carbons (Fsp3) is 0.235. The van der Waals surface area contributed by atoms with Crippen LogP contribution in [0.25, 0.3) is 16.7 Å². The fourth-order valence-corrected chi connectivity index (χ4v) is 2.51. The van der Waals surface area contributed by atoms with Crippen LogP contribution in [0, 0.1) is 13.8 Å². The van der Waals surface area contributed by atoms with Crippen LogP contribution >= 0.6 is 0 Å². The number of para-hydroxylation sites is 1. The highest BCUT2D eigenvalue weighted by atomic mass is 16.5. The zero-order chi connectivity index (χ0) is 16.4. The van der Waals surface area contributed by atoms with Crippen LogP contribution in [-0.4, -0.2) is 34.4 Å². The zero-order valence-electron chi connectivity index (χ0n) is 13.3. The van der Waals surface area contributed by atoms with Gasteiger partial charge in [-0.3, -0.25) is 4.79 Å². The topological polar surface area (TPSA) is 69.0 Å². The van der Waals surface area contributed by atoms with Gasteiger partial charge >= 0.3 is 0 Å². The molecule has 0 saturated heterocycles. The molecule has 0 fully saturated rings. The standard InChI is InChI=1S/C17H18N4O2/c1-11-8-15(18-14-7-5-4-6-13(11)14)21-16(9-12(2)20-21)19-17(22)10-23-3/h4-9H,10H2,1-3H3,(H,19,22). The van der Waals surface area contributed by atoms with Crippen LogP contribution in [0.5, 0.6) is 0 Å². The van der Waals surface area contributed by atoms with Gasteiger partial charge in [-0.1, -0.05) is 18.2 Å². The number of anilines is 1. The molecule has 118 valence electrons. The van der Waals surface area contributed by atoms with Gasteiger partial charge in [0.15, 0.2) is 5.82 Å². The predicted molar refractivity (Wildman–Crippen MR) is 88.8 cm³/mol. The Morgan fingerprint density at radius 3 is 2.83 bits per heavy atom. The van der Waals surface area contributed by atoms with Crippen LogP contribution in [0.4, 0.5) is 5.82 Å². The average Bonchev–Trinajstić information content (AvgIpc) is 2.88. The Bertz CT molecular complexity index is 870. The monoisotopic (exact) mass is 310 g/mol. The molecule has 2 aromatic heterocycles. The number of rotatable bonds is 4. The second kappa shape index (κ2) is 6.18. The molecule has 0 saturated carbocycles. The van der Waals surface area contributed by atoms with Gasteiger partial charge in [0.05, 0.1) is 11.2 Å². The molecule has 0 bridgehead atoms. The van der Waals surface area contributed by atoms with E-state index in [1.54, 1.807) is 10.7 Å². The van der Waals surface area contributed by atoms with Gasteiger partial charge in [0.25, 0.3) is 5.91 Å². The molecular weight excluding hydrogens is 292 g/mol. The van der Waals surface area contributed by atoms with Crippen LogP contribution in [0.2, 0.25) is 0 Å². The number of nitrogens with one attached hydrogen (secondary N) is 1. The Labute approximate surface area is 134 Å². The van der Waals surface area contributed by atoms with Gasteiger partial charge in [-0.05, 0) is 31.5 Å². The van der Waals surface area contributed by atoms with Crippen molar-refractivity contribution in [3.8, 4) is 5.82 Å². The molecule has 6 nitrogen and oxygen atoms in total. The number of amides is 1. The Morgan fingerprint density at radius 1 is 1.26 bits per heavy atom. The molecule has 1 N–H and O–H groups in total. The smallest absolute Gasteiger partial charge is 0.251 e. The molecule has 0 aliphatic carbocycles. The van der Waals surface area contributed by atoms with E-state index < -0.39 is 0 Å². The van der Waals surface area contributed by atoms with Crippen molar-refractivity contribution < 1.29 is 9.53 Å². The lowest BCUT2D eigenvalue weighted by atomic mass is 10.1. The summed E-state index contributed by atoms with van der Waals surface area (Å²) >= 11 is 0. The predicted octanol–water partition coefficient (Wildman–Crippen LogP) is 2.62. The highest BCUT2D eigenvalue weighted by molar-refractivity contribution is 5.91. The van der Waals surface area contributed by atoms with Gasteiger partial charge in [0, 0.05) is 18.6 Å². The van der Waals surface area contributed by atoms with Gasteiger partial charge < -0.3 is 10.1 Å². The van der Waals surface area contributed by atoms with Crippen LogP contribution < -0.4 is 5.32 Å². The number of carbonyl (C=O) groups is 1. The first-order chi connectivity index (χ1) is 11.1. The molecule has 0 unspecified atom stereocenters. The second-order valence-corrected chi connectivity index (χ2v) is 5.38. The lowest BCUT2D eigenvalue weighted by Gasteiger charge is -2.10. The number of nitrogens with zero attached hydrogens (tertiary/aromatic N) is 3. The van der Waals surface area contributed by atoms with E-state index in [1.165, 1.54) is 7.11 Å². The summed E-state index contributed by atoms with van der Waals surface area (Å²) in [5.41, 5.74) is 2.79. The first kappa shape index (κ1) is 15.2. The molecule has 2 heterocycles. The van der Waals surface area contributed by atoms with Crippen LogP contribution in [-0.2, 0) is 9.53 Å². The number of hydrogen-bond acceptors (Lipinski definition) is 4. The van der Waals surface area contributed by atoms with Crippen LogP contribution in [0.15, 0.2) is 36.4 Å². The van der Waals surface area contributed by atoms with Crippen molar-refractivity contribution in [2.75, 3.05) is 19.0 Å².